The number of hydrogen-bond acceptors (Lipinski definition) is 1. The second-order valence-corrected chi connectivity index (χ2v) is 5.79. The molecule has 2 heteroatoms. The van der Waals surface area contributed by atoms with Gasteiger partial charge in [0.15, 0.2) is 0 Å². The van der Waals surface area contributed by atoms with E-state index in [0.29, 0.717) is 6.04 Å². The molecule has 0 saturated carbocycles. The summed E-state index contributed by atoms with van der Waals surface area (Å²) in [6.45, 7) is 3.25. The van der Waals surface area contributed by atoms with Crippen LogP contribution in [-0.4, -0.2) is 12.6 Å². The first-order valence-electron chi connectivity index (χ1n) is 7.93. The summed E-state index contributed by atoms with van der Waals surface area (Å²) in [5.41, 5.74) is 2.82. The van der Waals surface area contributed by atoms with Gasteiger partial charge in [0.05, 0.1) is 0 Å². The molecule has 1 N–H and O–H groups in total. The van der Waals surface area contributed by atoms with Crippen molar-refractivity contribution < 1.29 is 4.39 Å². The minimum Gasteiger partial charge on any atom is -0.313 e. The number of allylic oxidation sites excluding steroid dienone is 1. The summed E-state index contributed by atoms with van der Waals surface area (Å²) in [5, 5.41) is 3.65. The minimum atomic E-state index is -0.151. The van der Waals surface area contributed by atoms with Crippen LogP contribution in [0.25, 0.3) is 0 Å². The zero-order chi connectivity index (χ0) is 14.2. The highest BCUT2D eigenvalue weighted by Gasteiger charge is 2.13. The van der Waals surface area contributed by atoms with Crippen molar-refractivity contribution in [2.24, 2.45) is 0 Å². The van der Waals surface area contributed by atoms with Crippen LogP contribution in [0.15, 0.2) is 35.9 Å². The van der Waals surface area contributed by atoms with Crippen LogP contribution in [0, 0.1) is 5.82 Å². The van der Waals surface area contributed by atoms with E-state index in [-0.39, 0.29) is 5.82 Å². The molecule has 0 radical (unpaired) electrons. The van der Waals surface area contributed by atoms with Gasteiger partial charge in [0.25, 0.3) is 0 Å². The first-order valence-corrected chi connectivity index (χ1v) is 7.93. The molecule has 0 aromatic heterocycles. The van der Waals surface area contributed by atoms with Gasteiger partial charge >= 0.3 is 0 Å². The molecule has 0 spiro atoms. The SMILES string of the molecule is CCCNC(CC1=CCCCC1)Cc1ccc(F)cc1. The third-order valence-corrected chi connectivity index (χ3v) is 3.97. The minimum absolute atomic E-state index is 0.151. The van der Waals surface area contributed by atoms with Crippen LogP contribution >= 0.6 is 0 Å². The lowest BCUT2D eigenvalue weighted by atomic mass is 9.92. The Morgan fingerprint density at radius 3 is 2.60 bits per heavy atom. The summed E-state index contributed by atoms with van der Waals surface area (Å²) in [6.07, 6.45) is 10.9. The van der Waals surface area contributed by atoms with Gasteiger partial charge in [-0.1, -0.05) is 30.7 Å². The van der Waals surface area contributed by atoms with Crippen molar-refractivity contribution in [2.45, 2.75) is 57.9 Å². The molecule has 2 rings (SSSR count). The standard InChI is InChI=1S/C18H26FN/c1-2-12-20-18(13-15-6-4-3-5-7-15)14-16-8-10-17(19)11-9-16/h6,8-11,18,20H,2-5,7,12-14H2,1H3. The van der Waals surface area contributed by atoms with E-state index in [1.165, 1.54) is 31.2 Å². The maximum Gasteiger partial charge on any atom is 0.123 e. The summed E-state index contributed by atoms with van der Waals surface area (Å²) < 4.78 is 13.0. The van der Waals surface area contributed by atoms with Gasteiger partial charge in [-0.15, -0.1) is 0 Å². The van der Waals surface area contributed by atoms with Crippen molar-refractivity contribution in [1.29, 1.82) is 0 Å². The first-order chi connectivity index (χ1) is 9.78. The van der Waals surface area contributed by atoms with Gasteiger partial charge in [0, 0.05) is 6.04 Å². The number of benzene rings is 1. The van der Waals surface area contributed by atoms with Crippen molar-refractivity contribution in [3.05, 3.63) is 47.3 Å². The van der Waals surface area contributed by atoms with Crippen LogP contribution in [-0.2, 0) is 6.42 Å². The zero-order valence-corrected chi connectivity index (χ0v) is 12.5. The van der Waals surface area contributed by atoms with Gasteiger partial charge in [-0.25, -0.2) is 4.39 Å². The van der Waals surface area contributed by atoms with Crippen LogP contribution in [0.5, 0.6) is 0 Å². The van der Waals surface area contributed by atoms with E-state index in [0.717, 1.165) is 25.8 Å². The molecule has 1 aliphatic carbocycles. The quantitative estimate of drug-likeness (QED) is 0.716. The normalized spacial score (nSPS) is 16.8. The highest BCUT2D eigenvalue weighted by atomic mass is 19.1. The van der Waals surface area contributed by atoms with E-state index in [4.69, 9.17) is 0 Å². The van der Waals surface area contributed by atoms with Gasteiger partial charge in [-0.2, -0.15) is 0 Å². The summed E-state index contributed by atoms with van der Waals surface area (Å²) >= 11 is 0. The molecule has 1 atom stereocenters. The molecule has 0 aliphatic heterocycles. The van der Waals surface area contributed by atoms with Crippen molar-refractivity contribution in [2.75, 3.05) is 6.54 Å². The fourth-order valence-corrected chi connectivity index (χ4v) is 2.88. The number of rotatable bonds is 7. The van der Waals surface area contributed by atoms with Crippen molar-refractivity contribution in [3.8, 4) is 0 Å². The molecule has 0 fully saturated rings. The van der Waals surface area contributed by atoms with Crippen LogP contribution < -0.4 is 5.32 Å². The Labute approximate surface area is 122 Å². The third kappa shape index (κ3) is 5.09. The molecule has 20 heavy (non-hydrogen) atoms. The molecule has 1 unspecified atom stereocenters. The van der Waals surface area contributed by atoms with E-state index in [1.807, 2.05) is 12.1 Å². The number of nitrogens with one attached hydrogen (secondary N) is 1. The molecule has 1 nitrogen and oxygen atoms in total. The molecule has 0 saturated heterocycles. The van der Waals surface area contributed by atoms with Gasteiger partial charge in [0.1, 0.15) is 5.82 Å². The van der Waals surface area contributed by atoms with Crippen molar-refractivity contribution >= 4 is 0 Å². The fourth-order valence-electron chi connectivity index (χ4n) is 2.88. The van der Waals surface area contributed by atoms with E-state index in [1.54, 1.807) is 17.7 Å². The number of hydrogen-bond donors (Lipinski definition) is 1. The van der Waals surface area contributed by atoms with Crippen LogP contribution in [0.4, 0.5) is 4.39 Å². The average Bonchev–Trinajstić information content (AvgIpc) is 2.48. The van der Waals surface area contributed by atoms with Crippen LogP contribution in [0.1, 0.15) is 51.0 Å². The molecule has 1 aliphatic rings. The molecule has 1 aromatic rings. The molecule has 1 aromatic carbocycles. The molecule has 0 amide bonds. The van der Waals surface area contributed by atoms with Crippen LogP contribution in [0.3, 0.4) is 0 Å². The van der Waals surface area contributed by atoms with Crippen molar-refractivity contribution in [1.82, 2.24) is 5.32 Å². The summed E-state index contributed by atoms with van der Waals surface area (Å²) in [7, 11) is 0. The van der Waals surface area contributed by atoms with E-state index in [9.17, 15) is 4.39 Å². The monoisotopic (exact) mass is 275 g/mol. The van der Waals surface area contributed by atoms with Gasteiger partial charge in [-0.05, 0) is 69.2 Å². The molecular weight excluding hydrogens is 249 g/mol. The fraction of sp³-hybridized carbons (Fsp3) is 0.556. The van der Waals surface area contributed by atoms with Gasteiger partial charge in [0.2, 0.25) is 0 Å². The maximum atomic E-state index is 13.0. The second-order valence-electron chi connectivity index (χ2n) is 5.79. The molecule has 0 bridgehead atoms. The van der Waals surface area contributed by atoms with E-state index in [2.05, 4.69) is 18.3 Å². The Morgan fingerprint density at radius 2 is 1.95 bits per heavy atom. The summed E-state index contributed by atoms with van der Waals surface area (Å²) in [4.78, 5) is 0. The molecular formula is C18H26FN. The van der Waals surface area contributed by atoms with Gasteiger partial charge in [-0.3, -0.25) is 0 Å². The number of halogens is 1. The topological polar surface area (TPSA) is 12.0 Å². The Balaban J connectivity index is 1.95. The van der Waals surface area contributed by atoms with E-state index >= 15 is 0 Å². The second kappa shape index (κ2) is 8.21. The lowest BCUT2D eigenvalue weighted by Gasteiger charge is -2.22. The third-order valence-electron chi connectivity index (χ3n) is 3.97. The molecule has 110 valence electrons. The van der Waals surface area contributed by atoms with E-state index < -0.39 is 0 Å². The largest absolute Gasteiger partial charge is 0.313 e. The average molecular weight is 275 g/mol. The first kappa shape index (κ1) is 15.2. The molecule has 0 heterocycles. The summed E-state index contributed by atoms with van der Waals surface area (Å²) in [5.74, 6) is -0.151. The Bertz CT molecular complexity index is 422. The smallest absolute Gasteiger partial charge is 0.123 e. The Hall–Kier alpha value is -1.15. The summed E-state index contributed by atoms with van der Waals surface area (Å²) in [6, 6.07) is 7.42. The predicted octanol–water partition coefficient (Wildman–Crippen LogP) is 4.63. The highest BCUT2D eigenvalue weighted by molar-refractivity contribution is 5.18. The predicted molar refractivity (Wildman–Crippen MR) is 83.4 cm³/mol. The zero-order valence-electron chi connectivity index (χ0n) is 12.5. The lowest BCUT2D eigenvalue weighted by Crippen LogP contribution is -2.32. The Kier molecular flexibility index (Phi) is 6.25. The maximum absolute atomic E-state index is 13.0. The van der Waals surface area contributed by atoms with Gasteiger partial charge < -0.3 is 5.32 Å². The lowest BCUT2D eigenvalue weighted by molar-refractivity contribution is 0.490. The Morgan fingerprint density at radius 1 is 1.15 bits per heavy atom. The van der Waals surface area contributed by atoms with Crippen molar-refractivity contribution in [3.63, 3.8) is 0 Å². The van der Waals surface area contributed by atoms with Crippen LogP contribution in [0.2, 0.25) is 0 Å². The highest BCUT2D eigenvalue weighted by Crippen LogP contribution is 2.22.